The molecule has 0 saturated carbocycles. The molecule has 0 heterocycles. The molecule has 1 N–H and O–H groups in total. The summed E-state index contributed by atoms with van der Waals surface area (Å²) in [5, 5.41) is 3.23. The van der Waals surface area contributed by atoms with E-state index in [-0.39, 0.29) is 11.1 Å². The van der Waals surface area contributed by atoms with Crippen molar-refractivity contribution in [1.82, 2.24) is 0 Å². The zero-order valence-electron chi connectivity index (χ0n) is 11.0. The van der Waals surface area contributed by atoms with Gasteiger partial charge >= 0.3 is 6.18 Å². The van der Waals surface area contributed by atoms with Crippen LogP contribution in [0, 0.1) is 0 Å². The van der Waals surface area contributed by atoms with Gasteiger partial charge in [0.15, 0.2) is 0 Å². The first-order valence-corrected chi connectivity index (χ1v) is 6.92. The molecule has 0 aromatic heterocycles. The molecular weight excluding hydrogens is 322 g/mol. The van der Waals surface area contributed by atoms with Crippen LogP contribution < -0.4 is 5.32 Å². The van der Waals surface area contributed by atoms with Gasteiger partial charge in [-0.05, 0) is 36.8 Å². The minimum Gasteiger partial charge on any atom is -0.378 e. The molecule has 112 valence electrons. The van der Waals surface area contributed by atoms with Crippen LogP contribution in [0.3, 0.4) is 0 Å². The Morgan fingerprint density at radius 3 is 2.29 bits per heavy atom. The van der Waals surface area contributed by atoms with Crippen LogP contribution >= 0.6 is 23.2 Å². The number of alkyl halides is 3. The van der Waals surface area contributed by atoms with E-state index in [9.17, 15) is 13.2 Å². The highest BCUT2D eigenvalue weighted by atomic mass is 35.5. The maximum atomic E-state index is 12.8. The third kappa shape index (κ3) is 3.83. The smallest absolute Gasteiger partial charge is 0.378 e. The fraction of sp³-hybridized carbons (Fsp3) is 0.200. The second kappa shape index (κ2) is 6.16. The number of hydrogen-bond donors (Lipinski definition) is 1. The van der Waals surface area contributed by atoms with E-state index >= 15 is 0 Å². The van der Waals surface area contributed by atoms with Gasteiger partial charge in [0.1, 0.15) is 0 Å². The summed E-state index contributed by atoms with van der Waals surface area (Å²) in [6.07, 6.45) is -4.48. The van der Waals surface area contributed by atoms with E-state index in [1.54, 1.807) is 12.1 Å². The Bertz CT molecular complexity index is 641. The second-order valence-corrected chi connectivity index (χ2v) is 5.39. The molecule has 1 unspecified atom stereocenters. The van der Waals surface area contributed by atoms with Crippen LogP contribution in [0.4, 0.5) is 18.9 Å². The fourth-order valence-electron chi connectivity index (χ4n) is 1.99. The zero-order chi connectivity index (χ0) is 15.6. The predicted molar refractivity (Wildman–Crippen MR) is 79.9 cm³/mol. The Morgan fingerprint density at radius 2 is 1.67 bits per heavy atom. The largest absolute Gasteiger partial charge is 0.417 e. The highest BCUT2D eigenvalue weighted by Gasteiger charge is 2.33. The Hall–Kier alpha value is -1.39. The molecule has 0 bridgehead atoms. The fourth-order valence-corrected chi connectivity index (χ4v) is 2.51. The van der Waals surface area contributed by atoms with Gasteiger partial charge in [-0.15, -0.1) is 0 Å². The molecule has 21 heavy (non-hydrogen) atoms. The molecule has 0 aliphatic rings. The molecule has 0 fully saturated rings. The van der Waals surface area contributed by atoms with E-state index in [0.717, 1.165) is 11.6 Å². The maximum absolute atomic E-state index is 12.8. The molecule has 0 aliphatic heterocycles. The Labute approximate surface area is 130 Å². The van der Waals surface area contributed by atoms with Crippen LogP contribution in [-0.2, 0) is 6.18 Å². The summed E-state index contributed by atoms with van der Waals surface area (Å²) < 4.78 is 38.5. The summed E-state index contributed by atoms with van der Waals surface area (Å²) in [6.45, 7) is 1.82. The molecule has 2 aromatic rings. The summed E-state index contributed by atoms with van der Waals surface area (Å²) in [5.74, 6) is 0. The van der Waals surface area contributed by atoms with Gasteiger partial charge in [-0.25, -0.2) is 0 Å². The topological polar surface area (TPSA) is 12.0 Å². The number of benzene rings is 2. The van der Waals surface area contributed by atoms with E-state index < -0.39 is 11.7 Å². The third-order valence-electron chi connectivity index (χ3n) is 3.03. The molecule has 0 amide bonds. The molecular formula is C15H12Cl2F3N. The Morgan fingerprint density at radius 1 is 1.00 bits per heavy atom. The van der Waals surface area contributed by atoms with Crippen LogP contribution in [0.25, 0.3) is 0 Å². The molecule has 0 aliphatic carbocycles. The molecule has 1 nitrogen and oxygen atoms in total. The van der Waals surface area contributed by atoms with E-state index in [2.05, 4.69) is 5.32 Å². The van der Waals surface area contributed by atoms with Crippen LogP contribution in [0.15, 0.2) is 42.5 Å². The van der Waals surface area contributed by atoms with E-state index in [0.29, 0.717) is 10.7 Å². The van der Waals surface area contributed by atoms with Crippen molar-refractivity contribution in [2.75, 3.05) is 5.32 Å². The number of anilines is 1. The van der Waals surface area contributed by atoms with Crippen molar-refractivity contribution in [3.05, 3.63) is 63.6 Å². The van der Waals surface area contributed by atoms with Crippen molar-refractivity contribution in [3.8, 4) is 0 Å². The standard InChI is InChI=1S/C15H12Cl2F3N/c1-9(11-4-2-3-5-13(11)16)21-10-6-7-14(17)12(8-10)15(18,19)20/h2-9,21H,1H3. The summed E-state index contributed by atoms with van der Waals surface area (Å²) in [5.41, 5.74) is 0.280. The van der Waals surface area contributed by atoms with Crippen molar-refractivity contribution >= 4 is 28.9 Å². The normalized spacial score (nSPS) is 13.0. The summed E-state index contributed by atoms with van der Waals surface area (Å²) in [6, 6.07) is 10.7. The zero-order valence-corrected chi connectivity index (χ0v) is 12.5. The van der Waals surface area contributed by atoms with Crippen molar-refractivity contribution in [2.24, 2.45) is 0 Å². The van der Waals surface area contributed by atoms with Gasteiger partial charge in [0.05, 0.1) is 10.6 Å². The van der Waals surface area contributed by atoms with Crippen molar-refractivity contribution in [1.29, 1.82) is 0 Å². The highest BCUT2D eigenvalue weighted by molar-refractivity contribution is 6.31. The molecule has 1 atom stereocenters. The summed E-state index contributed by atoms with van der Waals surface area (Å²) in [4.78, 5) is 0. The average molecular weight is 334 g/mol. The third-order valence-corrected chi connectivity index (χ3v) is 3.70. The SMILES string of the molecule is CC(Nc1ccc(Cl)c(C(F)(F)F)c1)c1ccccc1Cl. The molecule has 6 heteroatoms. The number of rotatable bonds is 3. The highest BCUT2D eigenvalue weighted by Crippen LogP contribution is 2.37. The van der Waals surface area contributed by atoms with Gasteiger partial charge in [-0.2, -0.15) is 13.2 Å². The predicted octanol–water partition coefficient (Wildman–Crippen LogP) is 6.19. The van der Waals surface area contributed by atoms with Crippen LogP contribution in [0.5, 0.6) is 0 Å². The molecule has 0 saturated heterocycles. The minimum absolute atomic E-state index is 0.235. The van der Waals surface area contributed by atoms with Crippen molar-refractivity contribution in [3.63, 3.8) is 0 Å². The van der Waals surface area contributed by atoms with Crippen LogP contribution in [-0.4, -0.2) is 0 Å². The van der Waals surface area contributed by atoms with E-state index in [4.69, 9.17) is 23.2 Å². The van der Waals surface area contributed by atoms with Crippen molar-refractivity contribution < 1.29 is 13.2 Å². The number of halogens is 5. The van der Waals surface area contributed by atoms with Crippen molar-refractivity contribution in [2.45, 2.75) is 19.1 Å². The number of nitrogens with one attached hydrogen (secondary N) is 1. The first-order valence-electron chi connectivity index (χ1n) is 6.16. The van der Waals surface area contributed by atoms with Gasteiger partial charge in [0, 0.05) is 16.8 Å². The first kappa shape index (κ1) is 16.0. The second-order valence-electron chi connectivity index (χ2n) is 4.58. The molecule has 0 radical (unpaired) electrons. The quantitative estimate of drug-likeness (QED) is 0.706. The van der Waals surface area contributed by atoms with Crippen LogP contribution in [0.2, 0.25) is 10.0 Å². The lowest BCUT2D eigenvalue weighted by atomic mass is 10.1. The monoisotopic (exact) mass is 333 g/mol. The molecule has 0 spiro atoms. The number of hydrogen-bond acceptors (Lipinski definition) is 1. The van der Waals surface area contributed by atoms with E-state index in [1.165, 1.54) is 12.1 Å². The lowest BCUT2D eigenvalue weighted by Gasteiger charge is -2.18. The van der Waals surface area contributed by atoms with Gasteiger partial charge in [-0.1, -0.05) is 41.4 Å². The average Bonchev–Trinajstić information content (AvgIpc) is 2.40. The van der Waals surface area contributed by atoms with E-state index in [1.807, 2.05) is 19.1 Å². The lowest BCUT2D eigenvalue weighted by molar-refractivity contribution is -0.137. The van der Waals surface area contributed by atoms with Gasteiger partial charge in [0.25, 0.3) is 0 Å². The summed E-state index contributed by atoms with van der Waals surface area (Å²) in [7, 11) is 0. The van der Waals surface area contributed by atoms with Gasteiger partial charge < -0.3 is 5.32 Å². The Kier molecular flexibility index (Phi) is 4.69. The lowest BCUT2D eigenvalue weighted by Crippen LogP contribution is -2.10. The molecule has 2 aromatic carbocycles. The maximum Gasteiger partial charge on any atom is 0.417 e. The Balaban J connectivity index is 2.26. The van der Waals surface area contributed by atoms with Gasteiger partial charge in [0.2, 0.25) is 0 Å². The molecule has 2 rings (SSSR count). The summed E-state index contributed by atoms with van der Waals surface area (Å²) >= 11 is 11.7. The first-order chi connectivity index (χ1) is 9.79. The van der Waals surface area contributed by atoms with Gasteiger partial charge in [-0.3, -0.25) is 0 Å². The van der Waals surface area contributed by atoms with Crippen LogP contribution in [0.1, 0.15) is 24.1 Å². The minimum atomic E-state index is -4.48.